The SMILES string of the molecule is c1ccc2c(c1)ccc1c3ccc(N(c4ccc(-c5ccc(-c6ccncc6)cc5)cc4)c4ccc5c(c4)oc4c6ccccc6ccc54)cc3oc21. The van der Waals surface area contributed by atoms with Crippen molar-refractivity contribution in [3.05, 3.63) is 182 Å². The number of fused-ring (bicyclic) bond motifs is 10. The highest BCUT2D eigenvalue weighted by Gasteiger charge is 2.19. The largest absolute Gasteiger partial charge is 0.455 e. The van der Waals surface area contributed by atoms with E-state index >= 15 is 0 Å². The van der Waals surface area contributed by atoms with Crippen molar-refractivity contribution in [1.29, 1.82) is 0 Å². The van der Waals surface area contributed by atoms with Gasteiger partial charge in [-0.2, -0.15) is 0 Å². The Bertz CT molecular complexity index is 3000. The highest BCUT2D eigenvalue weighted by atomic mass is 16.3. The maximum absolute atomic E-state index is 6.65. The molecule has 0 saturated heterocycles. The van der Waals surface area contributed by atoms with Crippen LogP contribution in [0.15, 0.2) is 191 Å². The van der Waals surface area contributed by atoms with Crippen LogP contribution in [0.2, 0.25) is 0 Å². The molecule has 0 aliphatic rings. The number of aromatic nitrogens is 1. The third-order valence-electron chi connectivity index (χ3n) is 10.6. The predicted octanol–water partition coefficient (Wildman–Crippen LogP) is 14.0. The summed E-state index contributed by atoms with van der Waals surface area (Å²) < 4.78 is 13.3. The Morgan fingerprint density at radius 3 is 1.26 bits per heavy atom. The maximum Gasteiger partial charge on any atom is 0.143 e. The first kappa shape index (κ1) is 29.5. The van der Waals surface area contributed by atoms with Gasteiger partial charge in [0.05, 0.1) is 0 Å². The predicted molar refractivity (Wildman–Crippen MR) is 219 cm³/mol. The fourth-order valence-corrected chi connectivity index (χ4v) is 7.91. The lowest BCUT2D eigenvalue weighted by Crippen LogP contribution is -2.09. The zero-order valence-corrected chi connectivity index (χ0v) is 28.5. The standard InChI is InChI=1S/C49H30N2O2/c1-3-7-40-35(5-1)15-21-44-42-23-19-38(29-46(42)52-48(40)44)51(37-17-13-33(14-18-37)31-9-11-32(12-10-31)34-25-27-50-28-26-34)39-20-24-43-45-22-16-36-6-2-4-8-41(36)49(45)53-47(43)30-39/h1-30H. The van der Waals surface area contributed by atoms with Crippen LogP contribution < -0.4 is 4.90 Å². The molecule has 0 amide bonds. The van der Waals surface area contributed by atoms with Gasteiger partial charge in [-0.3, -0.25) is 4.98 Å². The van der Waals surface area contributed by atoms with Gasteiger partial charge in [-0.15, -0.1) is 0 Å². The first-order valence-electron chi connectivity index (χ1n) is 17.8. The van der Waals surface area contributed by atoms with Gasteiger partial charge in [-0.1, -0.05) is 97.1 Å². The number of hydrogen-bond acceptors (Lipinski definition) is 4. The highest BCUT2D eigenvalue weighted by Crippen LogP contribution is 2.43. The molecule has 3 heterocycles. The van der Waals surface area contributed by atoms with E-state index in [4.69, 9.17) is 8.83 Å². The summed E-state index contributed by atoms with van der Waals surface area (Å²) in [5, 5.41) is 9.00. The Labute approximate surface area is 304 Å². The molecule has 0 aliphatic heterocycles. The van der Waals surface area contributed by atoms with Crippen molar-refractivity contribution in [2.24, 2.45) is 0 Å². The normalized spacial score (nSPS) is 11.8. The Kier molecular flexibility index (Phi) is 6.52. The Morgan fingerprint density at radius 1 is 0.340 bits per heavy atom. The van der Waals surface area contributed by atoms with Crippen LogP contribution in [0.3, 0.4) is 0 Å². The van der Waals surface area contributed by atoms with Crippen LogP contribution in [-0.2, 0) is 0 Å². The van der Waals surface area contributed by atoms with Crippen LogP contribution >= 0.6 is 0 Å². The average Bonchev–Trinajstić information content (AvgIpc) is 3.80. The smallest absolute Gasteiger partial charge is 0.143 e. The van der Waals surface area contributed by atoms with E-state index < -0.39 is 0 Å². The summed E-state index contributed by atoms with van der Waals surface area (Å²) in [6.45, 7) is 0. The van der Waals surface area contributed by atoms with Crippen molar-refractivity contribution in [2.75, 3.05) is 4.90 Å². The second-order valence-corrected chi connectivity index (χ2v) is 13.6. The topological polar surface area (TPSA) is 42.4 Å². The lowest BCUT2D eigenvalue weighted by atomic mass is 10.0. The van der Waals surface area contributed by atoms with Gasteiger partial charge in [0.1, 0.15) is 22.3 Å². The van der Waals surface area contributed by atoms with Crippen molar-refractivity contribution in [2.45, 2.75) is 0 Å². The molecule has 3 aromatic heterocycles. The lowest BCUT2D eigenvalue weighted by Gasteiger charge is -2.25. The number of nitrogens with zero attached hydrogens (tertiary/aromatic N) is 2. The van der Waals surface area contributed by atoms with E-state index in [9.17, 15) is 0 Å². The van der Waals surface area contributed by atoms with E-state index in [0.717, 1.165) is 88.4 Å². The molecule has 0 radical (unpaired) electrons. The second-order valence-electron chi connectivity index (χ2n) is 13.6. The molecule has 0 bridgehead atoms. The van der Waals surface area contributed by atoms with E-state index in [2.05, 4.69) is 168 Å². The van der Waals surface area contributed by atoms with Crippen LogP contribution in [0.1, 0.15) is 0 Å². The monoisotopic (exact) mass is 678 g/mol. The lowest BCUT2D eigenvalue weighted by molar-refractivity contribution is 0.672. The summed E-state index contributed by atoms with van der Waals surface area (Å²) in [6, 6.07) is 60.1. The van der Waals surface area contributed by atoms with Crippen molar-refractivity contribution in [3.63, 3.8) is 0 Å². The molecular weight excluding hydrogens is 649 g/mol. The molecule has 0 fully saturated rings. The van der Waals surface area contributed by atoms with E-state index in [0.29, 0.717) is 0 Å². The molecule has 0 spiro atoms. The molecule has 4 heteroatoms. The molecular formula is C49H30N2O2. The summed E-state index contributed by atoms with van der Waals surface area (Å²) in [5.74, 6) is 0. The molecule has 11 rings (SSSR count). The summed E-state index contributed by atoms with van der Waals surface area (Å²) in [7, 11) is 0. The molecule has 4 nitrogen and oxygen atoms in total. The van der Waals surface area contributed by atoms with Crippen LogP contribution in [0.5, 0.6) is 0 Å². The first-order valence-corrected chi connectivity index (χ1v) is 17.8. The van der Waals surface area contributed by atoms with Crippen LogP contribution in [0.25, 0.3) is 87.7 Å². The van der Waals surface area contributed by atoms with E-state index in [1.807, 2.05) is 24.5 Å². The molecule has 0 saturated carbocycles. The molecule has 0 aliphatic carbocycles. The molecule has 0 atom stereocenters. The summed E-state index contributed by atoms with van der Waals surface area (Å²) in [4.78, 5) is 6.44. The molecule has 0 N–H and O–H groups in total. The van der Waals surface area contributed by atoms with Crippen LogP contribution in [-0.4, -0.2) is 4.98 Å². The van der Waals surface area contributed by atoms with Crippen LogP contribution in [0.4, 0.5) is 17.1 Å². The third kappa shape index (κ3) is 4.80. The fourth-order valence-electron chi connectivity index (χ4n) is 7.91. The molecule has 8 aromatic carbocycles. The summed E-state index contributed by atoms with van der Waals surface area (Å²) in [5.41, 5.74) is 11.2. The van der Waals surface area contributed by atoms with E-state index in [1.165, 1.54) is 16.3 Å². The second kappa shape index (κ2) is 11.7. The minimum atomic E-state index is 0.848. The number of hydrogen-bond donors (Lipinski definition) is 0. The zero-order chi connectivity index (χ0) is 34.9. The summed E-state index contributed by atoms with van der Waals surface area (Å²) >= 11 is 0. The minimum Gasteiger partial charge on any atom is -0.455 e. The number of benzene rings is 8. The first-order chi connectivity index (χ1) is 26.2. The number of furan rings is 2. The summed E-state index contributed by atoms with van der Waals surface area (Å²) in [6.07, 6.45) is 3.66. The highest BCUT2D eigenvalue weighted by molar-refractivity contribution is 6.17. The van der Waals surface area contributed by atoms with E-state index in [1.54, 1.807) is 0 Å². The third-order valence-corrected chi connectivity index (χ3v) is 10.6. The molecule has 0 unspecified atom stereocenters. The maximum atomic E-state index is 6.65. The van der Waals surface area contributed by atoms with Crippen molar-refractivity contribution < 1.29 is 8.83 Å². The average molecular weight is 679 g/mol. The van der Waals surface area contributed by atoms with Crippen molar-refractivity contribution >= 4 is 82.5 Å². The number of anilines is 3. The zero-order valence-electron chi connectivity index (χ0n) is 28.5. The van der Waals surface area contributed by atoms with Gasteiger partial charge in [-0.05, 0) is 93.7 Å². The van der Waals surface area contributed by atoms with Crippen molar-refractivity contribution in [3.8, 4) is 22.3 Å². The number of pyridine rings is 1. The Morgan fingerprint density at radius 2 is 0.755 bits per heavy atom. The number of rotatable bonds is 5. The van der Waals surface area contributed by atoms with Gasteiger partial charge < -0.3 is 13.7 Å². The Balaban J connectivity index is 1.05. The van der Waals surface area contributed by atoms with Crippen LogP contribution in [0, 0.1) is 0 Å². The van der Waals surface area contributed by atoms with Gasteiger partial charge in [0.2, 0.25) is 0 Å². The van der Waals surface area contributed by atoms with Gasteiger partial charge in [0.15, 0.2) is 0 Å². The van der Waals surface area contributed by atoms with Gasteiger partial charge in [-0.25, -0.2) is 0 Å². The molecule has 11 aromatic rings. The van der Waals surface area contributed by atoms with Gasteiger partial charge in [0.25, 0.3) is 0 Å². The van der Waals surface area contributed by atoms with Gasteiger partial charge in [0, 0.05) is 73.9 Å². The molecule has 53 heavy (non-hydrogen) atoms. The minimum absolute atomic E-state index is 0.848. The van der Waals surface area contributed by atoms with E-state index in [-0.39, 0.29) is 0 Å². The quantitative estimate of drug-likeness (QED) is 0.182. The Hall–Kier alpha value is -7.17. The fraction of sp³-hybridized carbons (Fsp3) is 0. The van der Waals surface area contributed by atoms with Gasteiger partial charge >= 0.3 is 0 Å². The molecule has 248 valence electrons. The van der Waals surface area contributed by atoms with Crippen molar-refractivity contribution in [1.82, 2.24) is 4.98 Å².